The molecule has 1 fully saturated rings. The molecule has 204 valence electrons. The van der Waals surface area contributed by atoms with Crippen LogP contribution >= 0.6 is 11.8 Å². The van der Waals surface area contributed by atoms with E-state index >= 15 is 0 Å². The molecule has 4 amide bonds. The number of hydrogen-bond donors (Lipinski definition) is 2. The number of ether oxygens (including phenoxy) is 1. The van der Waals surface area contributed by atoms with Crippen molar-refractivity contribution in [1.82, 2.24) is 4.90 Å². The largest absolute Gasteiger partial charge is 0.452 e. The number of nitrogens with zero attached hydrogens (tertiary/aromatic N) is 1. The molecular weight excluding hydrogens is 530 g/mol. The van der Waals surface area contributed by atoms with Gasteiger partial charge in [-0.2, -0.15) is 0 Å². The molecule has 0 unspecified atom stereocenters. The fourth-order valence-corrected chi connectivity index (χ4v) is 4.72. The van der Waals surface area contributed by atoms with E-state index in [0.717, 1.165) is 33.4 Å². The van der Waals surface area contributed by atoms with Gasteiger partial charge in [-0.25, -0.2) is 4.79 Å². The highest BCUT2D eigenvalue weighted by molar-refractivity contribution is 8.18. The molecule has 0 bridgehead atoms. The molecular formula is C30H27N3O6S. The van der Waals surface area contributed by atoms with Crippen LogP contribution in [0.5, 0.6) is 0 Å². The second-order valence-corrected chi connectivity index (χ2v) is 10.2. The predicted octanol–water partition coefficient (Wildman–Crippen LogP) is 5.08. The van der Waals surface area contributed by atoms with Crippen molar-refractivity contribution in [2.24, 2.45) is 0 Å². The number of esters is 1. The van der Waals surface area contributed by atoms with Gasteiger partial charge in [0.05, 0.1) is 10.5 Å². The number of carbonyl (C=O) groups is 5. The van der Waals surface area contributed by atoms with Gasteiger partial charge in [-0.15, -0.1) is 0 Å². The highest BCUT2D eigenvalue weighted by atomic mass is 32.2. The number of imide groups is 1. The minimum absolute atomic E-state index is 0.160. The zero-order valence-electron chi connectivity index (χ0n) is 22.1. The Kier molecular flexibility index (Phi) is 8.80. The van der Waals surface area contributed by atoms with E-state index in [9.17, 15) is 24.0 Å². The smallest absolute Gasteiger partial charge is 0.338 e. The highest BCUT2D eigenvalue weighted by Gasteiger charge is 2.36. The quantitative estimate of drug-likeness (QED) is 0.293. The van der Waals surface area contributed by atoms with E-state index in [0.29, 0.717) is 16.9 Å². The van der Waals surface area contributed by atoms with Gasteiger partial charge in [0.1, 0.15) is 6.54 Å². The van der Waals surface area contributed by atoms with Gasteiger partial charge in [-0.05, 0) is 79.6 Å². The number of nitrogens with one attached hydrogen (secondary N) is 2. The maximum absolute atomic E-state index is 12.8. The van der Waals surface area contributed by atoms with Gasteiger partial charge in [0, 0.05) is 11.4 Å². The third-order valence-corrected chi connectivity index (χ3v) is 6.94. The molecule has 3 aromatic rings. The lowest BCUT2D eigenvalue weighted by Crippen LogP contribution is -2.36. The Bertz CT molecular complexity index is 1490. The molecule has 0 spiro atoms. The number of hydrogen-bond acceptors (Lipinski definition) is 7. The third-order valence-electron chi connectivity index (χ3n) is 6.03. The first-order valence-electron chi connectivity index (χ1n) is 12.4. The van der Waals surface area contributed by atoms with E-state index in [4.69, 9.17) is 4.74 Å². The predicted molar refractivity (Wildman–Crippen MR) is 154 cm³/mol. The van der Waals surface area contributed by atoms with Crippen LogP contribution in [0.4, 0.5) is 16.2 Å². The van der Waals surface area contributed by atoms with Crippen LogP contribution < -0.4 is 10.6 Å². The van der Waals surface area contributed by atoms with E-state index in [1.807, 2.05) is 51.1 Å². The second-order valence-electron chi connectivity index (χ2n) is 9.20. The van der Waals surface area contributed by atoms with Crippen molar-refractivity contribution in [3.63, 3.8) is 0 Å². The number of anilines is 2. The van der Waals surface area contributed by atoms with Gasteiger partial charge in [0.2, 0.25) is 5.91 Å². The molecule has 4 rings (SSSR count). The average molecular weight is 558 g/mol. The van der Waals surface area contributed by atoms with Crippen molar-refractivity contribution in [3.8, 4) is 0 Å². The number of thioether (sulfide) groups is 1. The normalized spacial score (nSPS) is 13.9. The summed E-state index contributed by atoms with van der Waals surface area (Å²) in [4.78, 5) is 63.3. The Morgan fingerprint density at radius 2 is 1.50 bits per heavy atom. The summed E-state index contributed by atoms with van der Waals surface area (Å²) in [6.07, 6.45) is 1.51. The Morgan fingerprint density at radius 3 is 2.15 bits per heavy atom. The fourth-order valence-electron chi connectivity index (χ4n) is 3.89. The van der Waals surface area contributed by atoms with Crippen molar-refractivity contribution < 1.29 is 28.7 Å². The van der Waals surface area contributed by atoms with E-state index in [1.165, 1.54) is 18.2 Å². The first-order valence-corrected chi connectivity index (χ1v) is 13.2. The molecule has 1 aliphatic rings. The van der Waals surface area contributed by atoms with Gasteiger partial charge in [0.25, 0.3) is 17.1 Å². The first-order chi connectivity index (χ1) is 19.1. The molecule has 10 heteroatoms. The molecule has 1 saturated heterocycles. The van der Waals surface area contributed by atoms with E-state index < -0.39 is 42.1 Å². The van der Waals surface area contributed by atoms with Crippen molar-refractivity contribution in [2.45, 2.75) is 20.8 Å². The standard InChI is InChI=1S/C30H27N3O6S/c1-18-7-13-23(14-8-18)31-26(35)17-39-29(37)22-11-9-21(10-12-22)15-24-28(36)33(30(38)40-24)16-25(34)32-27-19(2)5-4-6-20(27)3/h4-15H,16-17H2,1-3H3,(H,31,35)(H,32,34)/b24-15-. The molecule has 40 heavy (non-hydrogen) atoms. The average Bonchev–Trinajstić information content (AvgIpc) is 3.18. The zero-order chi connectivity index (χ0) is 28.8. The summed E-state index contributed by atoms with van der Waals surface area (Å²) < 4.78 is 5.08. The van der Waals surface area contributed by atoms with Crippen molar-refractivity contribution in [2.75, 3.05) is 23.8 Å². The lowest BCUT2D eigenvalue weighted by molar-refractivity contribution is -0.127. The van der Waals surface area contributed by atoms with E-state index in [2.05, 4.69) is 10.6 Å². The Hall–Kier alpha value is -4.70. The minimum atomic E-state index is -0.680. The highest BCUT2D eigenvalue weighted by Crippen LogP contribution is 2.32. The lowest BCUT2D eigenvalue weighted by atomic mass is 10.1. The molecule has 0 saturated carbocycles. The molecule has 9 nitrogen and oxygen atoms in total. The molecule has 3 aromatic carbocycles. The van der Waals surface area contributed by atoms with E-state index in [1.54, 1.807) is 24.3 Å². The topological polar surface area (TPSA) is 122 Å². The van der Waals surface area contributed by atoms with Crippen LogP contribution in [0.3, 0.4) is 0 Å². The summed E-state index contributed by atoms with van der Waals surface area (Å²) in [5.74, 6) is -2.20. The number of rotatable bonds is 8. The molecule has 0 atom stereocenters. The first kappa shape index (κ1) is 28.3. The van der Waals surface area contributed by atoms with Gasteiger partial charge in [-0.1, -0.05) is 48.0 Å². The zero-order valence-corrected chi connectivity index (χ0v) is 23.0. The number of para-hydroxylation sites is 1. The van der Waals surface area contributed by atoms with Crippen LogP contribution in [0.15, 0.2) is 71.6 Å². The van der Waals surface area contributed by atoms with Gasteiger partial charge in [0.15, 0.2) is 6.61 Å². The SMILES string of the molecule is Cc1ccc(NC(=O)COC(=O)c2ccc(/C=C3\SC(=O)N(CC(=O)Nc4c(C)cccc4C)C3=O)cc2)cc1. The van der Waals surface area contributed by atoms with Crippen LogP contribution in [0.2, 0.25) is 0 Å². The number of benzene rings is 3. The number of aryl methyl sites for hydroxylation is 3. The van der Waals surface area contributed by atoms with Crippen molar-refractivity contribution in [1.29, 1.82) is 0 Å². The molecule has 0 aliphatic carbocycles. The second kappa shape index (κ2) is 12.4. The Labute approximate surface area is 235 Å². The van der Waals surface area contributed by atoms with Crippen LogP contribution in [-0.2, 0) is 19.1 Å². The Balaban J connectivity index is 1.32. The van der Waals surface area contributed by atoms with E-state index in [-0.39, 0.29) is 10.5 Å². The maximum atomic E-state index is 12.8. The van der Waals surface area contributed by atoms with Gasteiger partial charge in [-0.3, -0.25) is 24.1 Å². The summed E-state index contributed by atoms with van der Waals surface area (Å²) in [7, 11) is 0. The maximum Gasteiger partial charge on any atom is 0.338 e. The fraction of sp³-hybridized carbons (Fsp3) is 0.167. The van der Waals surface area contributed by atoms with Crippen LogP contribution in [-0.4, -0.2) is 47.0 Å². The van der Waals surface area contributed by atoms with Crippen LogP contribution in [0.25, 0.3) is 6.08 Å². The third kappa shape index (κ3) is 7.03. The lowest BCUT2D eigenvalue weighted by Gasteiger charge is -2.15. The Morgan fingerprint density at radius 1 is 0.850 bits per heavy atom. The summed E-state index contributed by atoms with van der Waals surface area (Å²) >= 11 is 0.737. The van der Waals surface area contributed by atoms with Crippen molar-refractivity contribution >= 4 is 58.1 Å². The summed E-state index contributed by atoms with van der Waals surface area (Å²) in [5, 5.41) is 4.88. The van der Waals surface area contributed by atoms with Crippen LogP contribution in [0, 0.1) is 20.8 Å². The number of carbonyl (C=O) groups excluding carboxylic acids is 5. The molecule has 2 N–H and O–H groups in total. The molecule has 0 aromatic heterocycles. The number of amides is 4. The monoisotopic (exact) mass is 557 g/mol. The summed E-state index contributed by atoms with van der Waals surface area (Å²) in [5.41, 5.74) is 4.85. The minimum Gasteiger partial charge on any atom is -0.452 e. The molecule has 0 radical (unpaired) electrons. The summed E-state index contributed by atoms with van der Waals surface area (Å²) in [6, 6.07) is 19.0. The van der Waals surface area contributed by atoms with Gasteiger partial charge < -0.3 is 15.4 Å². The molecule has 1 heterocycles. The molecule has 1 aliphatic heterocycles. The van der Waals surface area contributed by atoms with Gasteiger partial charge >= 0.3 is 5.97 Å². The van der Waals surface area contributed by atoms with Crippen molar-refractivity contribution in [3.05, 3.63) is 99.5 Å². The van der Waals surface area contributed by atoms with Crippen LogP contribution in [0.1, 0.15) is 32.6 Å². The summed E-state index contributed by atoms with van der Waals surface area (Å²) in [6.45, 7) is 4.81.